The summed E-state index contributed by atoms with van der Waals surface area (Å²) in [7, 11) is 1.72. The van der Waals surface area contributed by atoms with Crippen LogP contribution in [0, 0.1) is 0 Å². The first-order valence-corrected chi connectivity index (χ1v) is 8.31. The maximum Gasteiger partial charge on any atom is 0.416 e. The number of benzene rings is 2. The molecule has 0 atom stereocenters. The smallest absolute Gasteiger partial charge is 0.325 e. The number of anilines is 1. The third-order valence-electron chi connectivity index (χ3n) is 3.86. The van der Waals surface area contributed by atoms with E-state index in [2.05, 4.69) is 20.8 Å². The van der Waals surface area contributed by atoms with E-state index in [-0.39, 0.29) is 19.0 Å². The molecule has 7 nitrogen and oxygen atoms in total. The standard InChI is InChI=1S/C18H17F3N6O/c1-26(12-17(28)22-14-5-3-2-4-6-14)11-16-23-24-25-27(16)15-9-7-13(8-10-15)18(19,20)21/h2-10H,11-12H2,1H3,(H,22,28). The number of hydrogen-bond acceptors (Lipinski definition) is 5. The van der Waals surface area contributed by atoms with E-state index in [9.17, 15) is 18.0 Å². The Morgan fingerprint density at radius 3 is 2.43 bits per heavy atom. The highest BCUT2D eigenvalue weighted by molar-refractivity contribution is 5.92. The monoisotopic (exact) mass is 390 g/mol. The van der Waals surface area contributed by atoms with E-state index in [0.717, 1.165) is 12.1 Å². The first kappa shape index (κ1) is 19.5. The molecule has 0 aliphatic heterocycles. The Bertz CT molecular complexity index is 924. The predicted molar refractivity (Wildman–Crippen MR) is 95.6 cm³/mol. The summed E-state index contributed by atoms with van der Waals surface area (Å²) >= 11 is 0. The van der Waals surface area contributed by atoms with Gasteiger partial charge in [0.05, 0.1) is 24.3 Å². The molecule has 0 radical (unpaired) electrons. The van der Waals surface area contributed by atoms with Crippen molar-refractivity contribution in [3.63, 3.8) is 0 Å². The lowest BCUT2D eigenvalue weighted by Gasteiger charge is -2.16. The van der Waals surface area contributed by atoms with Gasteiger partial charge in [0.15, 0.2) is 5.82 Å². The van der Waals surface area contributed by atoms with Crippen LogP contribution in [-0.4, -0.2) is 44.6 Å². The number of nitrogens with zero attached hydrogens (tertiary/aromatic N) is 5. The van der Waals surface area contributed by atoms with E-state index in [1.807, 2.05) is 18.2 Å². The lowest BCUT2D eigenvalue weighted by molar-refractivity contribution is -0.137. The van der Waals surface area contributed by atoms with Gasteiger partial charge in [0, 0.05) is 5.69 Å². The van der Waals surface area contributed by atoms with Crippen LogP contribution in [0.15, 0.2) is 54.6 Å². The van der Waals surface area contributed by atoms with Crippen molar-refractivity contribution in [2.75, 3.05) is 18.9 Å². The second kappa shape index (κ2) is 8.17. The molecular formula is C18H17F3N6O. The van der Waals surface area contributed by atoms with Crippen molar-refractivity contribution in [3.8, 4) is 5.69 Å². The average molecular weight is 390 g/mol. The summed E-state index contributed by atoms with van der Waals surface area (Å²) in [6, 6.07) is 13.6. The lowest BCUT2D eigenvalue weighted by Crippen LogP contribution is -2.30. The van der Waals surface area contributed by atoms with E-state index < -0.39 is 11.7 Å². The molecule has 0 bridgehead atoms. The van der Waals surface area contributed by atoms with Crippen LogP contribution in [0.5, 0.6) is 0 Å². The molecule has 28 heavy (non-hydrogen) atoms. The van der Waals surface area contributed by atoms with Crippen LogP contribution in [0.3, 0.4) is 0 Å². The Labute approximate surface area is 158 Å². The Hall–Kier alpha value is -3.27. The molecule has 0 fully saturated rings. The predicted octanol–water partition coefficient (Wildman–Crippen LogP) is 2.75. The number of amides is 1. The molecule has 3 rings (SSSR count). The van der Waals surface area contributed by atoms with Gasteiger partial charge in [-0.2, -0.15) is 17.9 Å². The van der Waals surface area contributed by atoms with Gasteiger partial charge in [0.2, 0.25) is 5.91 Å². The maximum atomic E-state index is 12.7. The number of hydrogen-bond donors (Lipinski definition) is 1. The van der Waals surface area contributed by atoms with Crippen LogP contribution >= 0.6 is 0 Å². The van der Waals surface area contributed by atoms with E-state index in [0.29, 0.717) is 17.2 Å². The number of likely N-dealkylation sites (N-methyl/N-ethyl adjacent to an activating group) is 1. The fraction of sp³-hybridized carbons (Fsp3) is 0.222. The van der Waals surface area contributed by atoms with Crippen molar-refractivity contribution in [1.82, 2.24) is 25.1 Å². The molecule has 0 unspecified atom stereocenters. The number of para-hydroxylation sites is 1. The van der Waals surface area contributed by atoms with Crippen molar-refractivity contribution < 1.29 is 18.0 Å². The second-order valence-corrected chi connectivity index (χ2v) is 6.14. The normalized spacial score (nSPS) is 11.6. The molecule has 3 aromatic rings. The van der Waals surface area contributed by atoms with Gasteiger partial charge in [-0.05, 0) is 53.9 Å². The average Bonchev–Trinajstić information content (AvgIpc) is 3.09. The lowest BCUT2D eigenvalue weighted by atomic mass is 10.2. The van der Waals surface area contributed by atoms with Crippen LogP contribution in [0.4, 0.5) is 18.9 Å². The fourth-order valence-corrected chi connectivity index (χ4v) is 2.56. The van der Waals surface area contributed by atoms with Crippen LogP contribution < -0.4 is 5.32 Å². The summed E-state index contributed by atoms with van der Waals surface area (Å²) in [6.07, 6.45) is -4.41. The number of carbonyl (C=O) groups excluding carboxylic acids is 1. The number of rotatable bonds is 6. The van der Waals surface area contributed by atoms with Crippen LogP contribution in [0.2, 0.25) is 0 Å². The Balaban J connectivity index is 1.64. The summed E-state index contributed by atoms with van der Waals surface area (Å²) in [4.78, 5) is 13.8. The molecule has 0 spiro atoms. The summed E-state index contributed by atoms with van der Waals surface area (Å²) < 4.78 is 39.4. The minimum absolute atomic E-state index is 0.0920. The van der Waals surface area contributed by atoms with Crippen molar-refractivity contribution in [2.24, 2.45) is 0 Å². The molecule has 1 amide bonds. The summed E-state index contributed by atoms with van der Waals surface area (Å²) in [5.74, 6) is 0.192. The molecule has 1 aromatic heterocycles. The molecule has 0 saturated carbocycles. The maximum absolute atomic E-state index is 12.7. The van der Waals surface area contributed by atoms with Crippen LogP contribution in [0.1, 0.15) is 11.4 Å². The van der Waals surface area contributed by atoms with Crippen LogP contribution in [-0.2, 0) is 17.5 Å². The van der Waals surface area contributed by atoms with Gasteiger partial charge in [-0.25, -0.2) is 0 Å². The molecule has 0 aliphatic rings. The van der Waals surface area contributed by atoms with E-state index in [4.69, 9.17) is 0 Å². The molecule has 1 heterocycles. The van der Waals surface area contributed by atoms with Crippen molar-refractivity contribution in [3.05, 3.63) is 66.0 Å². The van der Waals surface area contributed by atoms with Crippen molar-refractivity contribution >= 4 is 11.6 Å². The van der Waals surface area contributed by atoms with Gasteiger partial charge >= 0.3 is 6.18 Å². The Morgan fingerprint density at radius 2 is 1.79 bits per heavy atom. The number of alkyl halides is 3. The first-order chi connectivity index (χ1) is 13.3. The summed E-state index contributed by atoms with van der Waals surface area (Å²) in [5, 5.41) is 14.1. The quantitative estimate of drug-likeness (QED) is 0.701. The van der Waals surface area contributed by atoms with E-state index in [1.54, 1.807) is 24.1 Å². The molecule has 0 aliphatic carbocycles. The van der Waals surface area contributed by atoms with E-state index in [1.165, 1.54) is 16.8 Å². The Kier molecular flexibility index (Phi) is 5.69. The highest BCUT2D eigenvalue weighted by Gasteiger charge is 2.30. The number of aromatic nitrogens is 4. The third-order valence-corrected chi connectivity index (χ3v) is 3.86. The van der Waals surface area contributed by atoms with Gasteiger partial charge in [0.1, 0.15) is 0 Å². The van der Waals surface area contributed by atoms with Gasteiger partial charge < -0.3 is 5.32 Å². The highest BCUT2D eigenvalue weighted by Crippen LogP contribution is 2.29. The van der Waals surface area contributed by atoms with Gasteiger partial charge in [-0.3, -0.25) is 9.69 Å². The third kappa shape index (κ3) is 4.92. The summed E-state index contributed by atoms with van der Waals surface area (Å²) in [6.45, 7) is 0.324. The van der Waals surface area contributed by atoms with E-state index >= 15 is 0 Å². The second-order valence-electron chi connectivity index (χ2n) is 6.14. The molecule has 10 heteroatoms. The van der Waals surface area contributed by atoms with Crippen LogP contribution in [0.25, 0.3) is 5.69 Å². The zero-order valence-electron chi connectivity index (χ0n) is 14.9. The Morgan fingerprint density at radius 1 is 1.11 bits per heavy atom. The largest absolute Gasteiger partial charge is 0.416 e. The van der Waals surface area contributed by atoms with Crippen molar-refractivity contribution in [2.45, 2.75) is 12.7 Å². The number of tetrazole rings is 1. The fourth-order valence-electron chi connectivity index (χ4n) is 2.56. The number of nitrogens with one attached hydrogen (secondary N) is 1. The van der Waals surface area contributed by atoms with Gasteiger partial charge in [-0.1, -0.05) is 18.2 Å². The topological polar surface area (TPSA) is 75.9 Å². The molecular weight excluding hydrogens is 373 g/mol. The number of carbonyl (C=O) groups is 1. The summed E-state index contributed by atoms with van der Waals surface area (Å²) in [5.41, 5.74) is 0.339. The minimum atomic E-state index is -4.41. The molecule has 1 N–H and O–H groups in total. The number of halogens is 3. The highest BCUT2D eigenvalue weighted by atomic mass is 19.4. The minimum Gasteiger partial charge on any atom is -0.325 e. The van der Waals surface area contributed by atoms with Crippen molar-refractivity contribution in [1.29, 1.82) is 0 Å². The zero-order chi connectivity index (χ0) is 20.1. The van der Waals surface area contributed by atoms with Gasteiger partial charge in [-0.15, -0.1) is 5.10 Å². The zero-order valence-corrected chi connectivity index (χ0v) is 14.9. The SMILES string of the molecule is CN(CC(=O)Nc1ccccc1)Cc1nnnn1-c1ccc(C(F)(F)F)cc1. The molecule has 2 aromatic carbocycles. The molecule has 0 saturated heterocycles. The van der Waals surface area contributed by atoms with Gasteiger partial charge in [0.25, 0.3) is 0 Å². The molecule has 146 valence electrons. The first-order valence-electron chi connectivity index (χ1n) is 8.31.